The van der Waals surface area contributed by atoms with Gasteiger partial charge in [-0.1, -0.05) is 36.6 Å². The highest BCUT2D eigenvalue weighted by atomic mass is 35.5. The number of carbonyl (C=O) groups is 1. The fraction of sp³-hybridized carbons (Fsp3) is 0.533. The van der Waals surface area contributed by atoms with Crippen molar-refractivity contribution in [1.82, 2.24) is 0 Å². The molecule has 1 saturated heterocycles. The number of hydrogen-bond acceptors (Lipinski definition) is 2. The van der Waals surface area contributed by atoms with Crippen LogP contribution in [-0.4, -0.2) is 19.0 Å². The van der Waals surface area contributed by atoms with E-state index < -0.39 is 0 Å². The third kappa shape index (κ3) is 3.14. The van der Waals surface area contributed by atoms with Crippen LogP contribution in [0.2, 0.25) is 5.02 Å². The summed E-state index contributed by atoms with van der Waals surface area (Å²) < 4.78 is 0. The molecule has 1 aromatic rings. The molecule has 0 radical (unpaired) electrons. The van der Waals surface area contributed by atoms with E-state index in [0.717, 1.165) is 29.7 Å². The summed E-state index contributed by atoms with van der Waals surface area (Å²) >= 11 is 6.30. The van der Waals surface area contributed by atoms with Crippen molar-refractivity contribution in [3.05, 3.63) is 38.7 Å². The molecule has 2 rings (SSSR count). The van der Waals surface area contributed by atoms with Crippen molar-refractivity contribution in [2.45, 2.75) is 33.1 Å². The fourth-order valence-corrected chi connectivity index (χ4v) is 3.18. The highest BCUT2D eigenvalue weighted by molar-refractivity contribution is 6.32. The molecule has 0 saturated carbocycles. The first-order valence-corrected chi connectivity index (χ1v) is 7.61. The van der Waals surface area contributed by atoms with Crippen LogP contribution in [-0.2, 0) is 17.6 Å². The van der Waals surface area contributed by atoms with E-state index in [2.05, 4.69) is 16.9 Å². The number of hydrogen-bond donors (Lipinski definition) is 0. The first-order chi connectivity index (χ1) is 10.1. The molecule has 1 aliphatic rings. The van der Waals surface area contributed by atoms with Crippen LogP contribution in [0.3, 0.4) is 0 Å². The molecule has 21 heavy (non-hydrogen) atoms. The van der Waals surface area contributed by atoms with Crippen LogP contribution >= 0.6 is 11.6 Å². The van der Waals surface area contributed by atoms with Gasteiger partial charge in [-0.25, -0.2) is 0 Å². The molecule has 6 heteroatoms. The van der Waals surface area contributed by atoms with Crippen LogP contribution in [0.5, 0.6) is 0 Å². The second-order valence-corrected chi connectivity index (χ2v) is 5.64. The third-order valence-corrected chi connectivity index (χ3v) is 4.28. The normalized spacial score (nSPS) is 18.0. The molecule has 0 aliphatic carbocycles. The Balaban J connectivity index is 2.39. The van der Waals surface area contributed by atoms with E-state index >= 15 is 0 Å². The third-order valence-electron chi connectivity index (χ3n) is 3.92. The van der Waals surface area contributed by atoms with Gasteiger partial charge in [0, 0.05) is 29.4 Å². The summed E-state index contributed by atoms with van der Waals surface area (Å²) in [5.74, 6) is 0.168. The van der Waals surface area contributed by atoms with E-state index in [4.69, 9.17) is 17.1 Å². The Bertz CT molecular complexity index is 596. The lowest BCUT2D eigenvalue weighted by atomic mass is 10.0. The molecule has 0 bridgehead atoms. The van der Waals surface area contributed by atoms with Crippen LogP contribution in [0.4, 0.5) is 5.69 Å². The van der Waals surface area contributed by atoms with Crippen molar-refractivity contribution in [2.24, 2.45) is 11.0 Å². The van der Waals surface area contributed by atoms with Gasteiger partial charge in [0.05, 0.1) is 5.69 Å². The van der Waals surface area contributed by atoms with E-state index in [1.807, 2.05) is 24.0 Å². The van der Waals surface area contributed by atoms with Gasteiger partial charge in [0.25, 0.3) is 0 Å². The minimum atomic E-state index is 0.0832. The van der Waals surface area contributed by atoms with Crippen LogP contribution in [0.1, 0.15) is 31.4 Å². The summed E-state index contributed by atoms with van der Waals surface area (Å²) in [4.78, 5) is 16.9. The van der Waals surface area contributed by atoms with Gasteiger partial charge in [0.15, 0.2) is 0 Å². The molecule has 0 aromatic heterocycles. The van der Waals surface area contributed by atoms with Crippen molar-refractivity contribution < 1.29 is 4.79 Å². The lowest BCUT2D eigenvalue weighted by Gasteiger charge is -2.24. The largest absolute Gasteiger partial charge is 0.312 e. The van der Waals surface area contributed by atoms with Crippen molar-refractivity contribution >= 4 is 23.2 Å². The quantitative estimate of drug-likeness (QED) is 0.458. The maximum atomic E-state index is 12.3. The average Bonchev–Trinajstić information content (AvgIpc) is 2.85. The topological polar surface area (TPSA) is 69.1 Å². The maximum absolute atomic E-state index is 12.3. The summed E-state index contributed by atoms with van der Waals surface area (Å²) in [6.45, 7) is 5.08. The molecular weight excluding hydrogens is 288 g/mol. The van der Waals surface area contributed by atoms with Gasteiger partial charge < -0.3 is 4.90 Å². The standard InChI is InChI=1S/C15H19ClN4O/c1-3-11-5-6-13(16)12(4-2)15(11)20-9-10(7-14(20)21)8-18-19-17/h5-6,10H,3-4,7-9H2,1-2H3. The number of azide groups is 1. The van der Waals surface area contributed by atoms with Crippen LogP contribution in [0.25, 0.3) is 10.4 Å². The molecule has 1 unspecified atom stereocenters. The van der Waals surface area contributed by atoms with Gasteiger partial charge in [-0.05, 0) is 41.5 Å². The number of anilines is 1. The Morgan fingerprint density at radius 2 is 2.19 bits per heavy atom. The van der Waals surface area contributed by atoms with Gasteiger partial charge in [-0.3, -0.25) is 4.79 Å². The summed E-state index contributed by atoms with van der Waals surface area (Å²) in [7, 11) is 0. The van der Waals surface area contributed by atoms with Gasteiger partial charge in [0.2, 0.25) is 5.91 Å². The number of benzene rings is 1. The van der Waals surface area contributed by atoms with Gasteiger partial charge in [0.1, 0.15) is 0 Å². The van der Waals surface area contributed by atoms with Gasteiger partial charge in [-0.15, -0.1) is 0 Å². The SMILES string of the molecule is CCc1ccc(Cl)c(CC)c1N1CC(CN=[N+]=[N-])CC1=O. The first kappa shape index (κ1) is 15.7. The van der Waals surface area contributed by atoms with Crippen LogP contribution < -0.4 is 4.90 Å². The maximum Gasteiger partial charge on any atom is 0.227 e. The summed E-state index contributed by atoms with van der Waals surface area (Å²) in [6.07, 6.45) is 2.06. The molecule has 1 atom stereocenters. The number of nitrogens with zero attached hydrogens (tertiary/aromatic N) is 4. The zero-order valence-corrected chi connectivity index (χ0v) is 13.1. The lowest BCUT2D eigenvalue weighted by Crippen LogP contribution is -2.27. The second kappa shape index (κ2) is 6.83. The first-order valence-electron chi connectivity index (χ1n) is 7.23. The van der Waals surface area contributed by atoms with Crippen molar-refractivity contribution in [3.8, 4) is 0 Å². The Morgan fingerprint density at radius 3 is 2.81 bits per heavy atom. The molecule has 1 aromatic carbocycles. The van der Waals surface area contributed by atoms with E-state index in [1.54, 1.807) is 0 Å². The fourth-order valence-electron chi connectivity index (χ4n) is 2.89. The van der Waals surface area contributed by atoms with E-state index in [0.29, 0.717) is 24.5 Å². The number of carbonyl (C=O) groups excluding carboxylic acids is 1. The summed E-state index contributed by atoms with van der Waals surface area (Å²) in [5, 5.41) is 4.30. The van der Waals surface area contributed by atoms with Crippen LogP contribution in [0, 0.1) is 5.92 Å². The Labute approximate surface area is 129 Å². The minimum absolute atomic E-state index is 0.0832. The molecule has 1 aliphatic heterocycles. The van der Waals surface area contributed by atoms with Gasteiger partial charge >= 0.3 is 0 Å². The molecular formula is C15H19ClN4O. The molecule has 1 amide bonds. The Morgan fingerprint density at radius 1 is 1.43 bits per heavy atom. The summed E-state index contributed by atoms with van der Waals surface area (Å²) in [6, 6.07) is 3.89. The highest BCUT2D eigenvalue weighted by Crippen LogP contribution is 2.36. The molecule has 0 N–H and O–H groups in total. The zero-order chi connectivity index (χ0) is 15.4. The molecule has 5 nitrogen and oxygen atoms in total. The van der Waals surface area contributed by atoms with E-state index in [-0.39, 0.29) is 11.8 Å². The number of halogens is 1. The predicted molar refractivity (Wildman–Crippen MR) is 84.7 cm³/mol. The average molecular weight is 307 g/mol. The van der Waals surface area contributed by atoms with E-state index in [1.165, 1.54) is 0 Å². The van der Waals surface area contributed by atoms with Crippen molar-refractivity contribution in [3.63, 3.8) is 0 Å². The van der Waals surface area contributed by atoms with Crippen molar-refractivity contribution in [1.29, 1.82) is 0 Å². The zero-order valence-electron chi connectivity index (χ0n) is 12.3. The predicted octanol–water partition coefficient (Wildman–Crippen LogP) is 4.13. The number of amides is 1. The monoisotopic (exact) mass is 306 g/mol. The Hall–Kier alpha value is -1.71. The molecule has 1 heterocycles. The highest BCUT2D eigenvalue weighted by Gasteiger charge is 2.32. The second-order valence-electron chi connectivity index (χ2n) is 5.23. The number of aryl methyl sites for hydroxylation is 1. The van der Waals surface area contributed by atoms with Crippen LogP contribution in [0.15, 0.2) is 17.2 Å². The minimum Gasteiger partial charge on any atom is -0.312 e. The number of rotatable bonds is 5. The van der Waals surface area contributed by atoms with Crippen molar-refractivity contribution in [2.75, 3.05) is 18.0 Å². The van der Waals surface area contributed by atoms with Gasteiger partial charge in [-0.2, -0.15) is 0 Å². The summed E-state index contributed by atoms with van der Waals surface area (Å²) in [5.41, 5.74) is 11.5. The molecule has 0 spiro atoms. The Kier molecular flexibility index (Phi) is 5.10. The van der Waals surface area contributed by atoms with E-state index in [9.17, 15) is 4.79 Å². The molecule has 1 fully saturated rings. The smallest absolute Gasteiger partial charge is 0.227 e. The lowest BCUT2D eigenvalue weighted by molar-refractivity contribution is -0.117. The molecule has 112 valence electrons.